The molecule has 1 aromatic carbocycles. The van der Waals surface area contributed by atoms with Crippen LogP contribution in [0.5, 0.6) is 0 Å². The van der Waals surface area contributed by atoms with E-state index in [2.05, 4.69) is 16.0 Å². The first-order chi connectivity index (χ1) is 8.89. The lowest BCUT2D eigenvalue weighted by molar-refractivity contribution is -0.120. The van der Waals surface area contributed by atoms with Crippen LogP contribution in [0, 0.1) is 0 Å². The molecular formula is C13H20N4O2. The lowest BCUT2D eigenvalue weighted by Crippen LogP contribution is -2.47. The largest absolute Gasteiger partial charge is 0.341 e. The third kappa shape index (κ3) is 4.26. The van der Waals surface area contributed by atoms with Crippen LogP contribution in [0.15, 0.2) is 24.3 Å². The molecule has 104 valence electrons. The fourth-order valence-corrected chi connectivity index (χ4v) is 1.26. The van der Waals surface area contributed by atoms with E-state index in [-0.39, 0.29) is 11.9 Å². The van der Waals surface area contributed by atoms with Crippen molar-refractivity contribution in [2.24, 2.45) is 5.73 Å². The van der Waals surface area contributed by atoms with Gasteiger partial charge in [-0.3, -0.25) is 4.79 Å². The number of nitrogens with two attached hydrogens (primary N) is 1. The van der Waals surface area contributed by atoms with Gasteiger partial charge >= 0.3 is 6.03 Å². The monoisotopic (exact) mass is 264 g/mol. The topological polar surface area (TPSA) is 96.2 Å². The average molecular weight is 264 g/mol. The van der Waals surface area contributed by atoms with Gasteiger partial charge in [-0.25, -0.2) is 4.79 Å². The molecule has 19 heavy (non-hydrogen) atoms. The summed E-state index contributed by atoms with van der Waals surface area (Å²) in [6, 6.07) is 6.51. The maximum absolute atomic E-state index is 11.9. The van der Waals surface area contributed by atoms with Crippen LogP contribution < -0.4 is 21.7 Å². The quantitative estimate of drug-likeness (QED) is 0.663. The molecular weight excluding hydrogens is 244 g/mol. The Bertz CT molecular complexity index is 454. The Labute approximate surface area is 112 Å². The van der Waals surface area contributed by atoms with Gasteiger partial charge in [-0.15, -0.1) is 0 Å². The van der Waals surface area contributed by atoms with Gasteiger partial charge in [0.1, 0.15) is 0 Å². The van der Waals surface area contributed by atoms with Gasteiger partial charge in [-0.05, 0) is 37.6 Å². The molecule has 0 heterocycles. The minimum Gasteiger partial charge on any atom is -0.341 e. The smallest absolute Gasteiger partial charge is 0.318 e. The van der Waals surface area contributed by atoms with E-state index in [4.69, 9.17) is 5.73 Å². The van der Waals surface area contributed by atoms with E-state index in [0.717, 1.165) is 0 Å². The van der Waals surface area contributed by atoms with Crippen LogP contribution in [-0.4, -0.2) is 24.5 Å². The molecule has 6 heteroatoms. The molecule has 0 fully saturated rings. The number of hydrogen-bond donors (Lipinski definition) is 4. The van der Waals surface area contributed by atoms with E-state index in [0.29, 0.717) is 17.8 Å². The van der Waals surface area contributed by atoms with Crippen molar-refractivity contribution in [3.63, 3.8) is 0 Å². The van der Waals surface area contributed by atoms with E-state index in [1.165, 1.54) is 7.05 Å². The van der Waals surface area contributed by atoms with E-state index < -0.39 is 5.54 Å². The average Bonchev–Trinajstić information content (AvgIpc) is 2.40. The molecule has 0 aromatic heterocycles. The van der Waals surface area contributed by atoms with Gasteiger partial charge in [0.15, 0.2) is 0 Å². The number of urea groups is 1. The van der Waals surface area contributed by atoms with Crippen molar-refractivity contribution in [2.75, 3.05) is 17.7 Å². The summed E-state index contributed by atoms with van der Waals surface area (Å²) in [5.41, 5.74) is 6.23. The fraction of sp³-hybridized carbons (Fsp3) is 0.385. The molecule has 0 bridgehead atoms. The number of benzene rings is 1. The number of carbonyl (C=O) groups is 2. The van der Waals surface area contributed by atoms with E-state index in [9.17, 15) is 9.59 Å². The summed E-state index contributed by atoms with van der Waals surface area (Å²) in [4.78, 5) is 23.0. The van der Waals surface area contributed by atoms with Crippen molar-refractivity contribution in [1.29, 1.82) is 0 Å². The highest BCUT2D eigenvalue weighted by molar-refractivity contribution is 5.98. The second-order valence-corrected chi connectivity index (χ2v) is 4.51. The Balaban J connectivity index is 2.67. The van der Waals surface area contributed by atoms with Gasteiger partial charge in [0.2, 0.25) is 5.91 Å². The van der Waals surface area contributed by atoms with Crippen LogP contribution in [-0.2, 0) is 4.79 Å². The molecule has 6 nitrogen and oxygen atoms in total. The summed E-state index contributed by atoms with van der Waals surface area (Å²) >= 11 is 0. The molecule has 5 N–H and O–H groups in total. The first-order valence-corrected chi connectivity index (χ1v) is 6.08. The standard InChI is InChI=1S/C13H20N4O2/c1-4-13(2,14)11(18)16-9-5-7-10(8-6-9)17-12(19)15-3/h5-8H,4,14H2,1-3H3,(H,16,18)(H2,15,17,19). The Kier molecular flexibility index (Phi) is 4.88. The van der Waals surface area contributed by atoms with Gasteiger partial charge in [-0.2, -0.15) is 0 Å². The van der Waals surface area contributed by atoms with Gasteiger partial charge in [0.25, 0.3) is 0 Å². The molecule has 0 aliphatic rings. The summed E-state index contributed by atoms with van der Waals surface area (Å²) in [6.07, 6.45) is 0.551. The number of rotatable bonds is 4. The predicted octanol–water partition coefficient (Wildman–Crippen LogP) is 1.50. The normalized spacial score (nSPS) is 13.3. The fourth-order valence-electron chi connectivity index (χ4n) is 1.26. The number of hydrogen-bond acceptors (Lipinski definition) is 3. The molecule has 3 amide bonds. The molecule has 0 aliphatic heterocycles. The molecule has 1 aromatic rings. The first kappa shape index (κ1) is 15.0. The first-order valence-electron chi connectivity index (χ1n) is 6.08. The lowest BCUT2D eigenvalue weighted by atomic mass is 9.99. The highest BCUT2D eigenvalue weighted by Gasteiger charge is 2.25. The Morgan fingerprint density at radius 2 is 1.63 bits per heavy atom. The molecule has 0 saturated heterocycles. The predicted molar refractivity (Wildman–Crippen MR) is 76.0 cm³/mol. The number of anilines is 2. The molecule has 1 unspecified atom stereocenters. The number of carbonyl (C=O) groups excluding carboxylic acids is 2. The molecule has 0 aliphatic carbocycles. The molecule has 1 atom stereocenters. The number of nitrogens with one attached hydrogen (secondary N) is 3. The summed E-state index contributed by atoms with van der Waals surface area (Å²) in [7, 11) is 1.54. The van der Waals surface area contributed by atoms with Crippen molar-refractivity contribution in [3.05, 3.63) is 24.3 Å². The summed E-state index contributed by atoms with van der Waals surface area (Å²) in [5.74, 6) is -0.234. The van der Waals surface area contributed by atoms with Crippen molar-refractivity contribution < 1.29 is 9.59 Å². The Morgan fingerprint density at radius 3 is 2.05 bits per heavy atom. The third-order valence-electron chi connectivity index (χ3n) is 2.88. The highest BCUT2D eigenvalue weighted by Crippen LogP contribution is 2.15. The van der Waals surface area contributed by atoms with Crippen molar-refractivity contribution in [2.45, 2.75) is 25.8 Å². The molecule has 0 spiro atoms. The van der Waals surface area contributed by atoms with Crippen LogP contribution in [0.4, 0.5) is 16.2 Å². The summed E-state index contributed by atoms with van der Waals surface area (Å²) < 4.78 is 0. The van der Waals surface area contributed by atoms with E-state index in [1.807, 2.05) is 6.92 Å². The van der Waals surface area contributed by atoms with Crippen LogP contribution in [0.2, 0.25) is 0 Å². The van der Waals surface area contributed by atoms with Gasteiger partial charge in [0, 0.05) is 18.4 Å². The van der Waals surface area contributed by atoms with Gasteiger partial charge in [-0.1, -0.05) is 6.92 Å². The summed E-state index contributed by atoms with van der Waals surface area (Å²) in [5, 5.41) is 7.81. The van der Waals surface area contributed by atoms with Crippen LogP contribution >= 0.6 is 0 Å². The second-order valence-electron chi connectivity index (χ2n) is 4.51. The van der Waals surface area contributed by atoms with Crippen LogP contribution in [0.25, 0.3) is 0 Å². The lowest BCUT2D eigenvalue weighted by Gasteiger charge is -2.21. The van der Waals surface area contributed by atoms with Crippen molar-refractivity contribution in [1.82, 2.24) is 5.32 Å². The third-order valence-corrected chi connectivity index (χ3v) is 2.88. The summed E-state index contributed by atoms with van der Waals surface area (Å²) in [6.45, 7) is 3.54. The minimum atomic E-state index is -0.890. The van der Waals surface area contributed by atoms with E-state index in [1.54, 1.807) is 31.2 Å². The van der Waals surface area contributed by atoms with Crippen LogP contribution in [0.3, 0.4) is 0 Å². The van der Waals surface area contributed by atoms with Crippen molar-refractivity contribution in [3.8, 4) is 0 Å². The Hall–Kier alpha value is -2.08. The maximum Gasteiger partial charge on any atom is 0.318 e. The Morgan fingerprint density at radius 1 is 1.16 bits per heavy atom. The second kappa shape index (κ2) is 6.19. The van der Waals surface area contributed by atoms with Crippen molar-refractivity contribution >= 4 is 23.3 Å². The van der Waals surface area contributed by atoms with E-state index >= 15 is 0 Å². The van der Waals surface area contributed by atoms with Gasteiger partial charge in [0.05, 0.1) is 5.54 Å². The highest BCUT2D eigenvalue weighted by atomic mass is 16.2. The maximum atomic E-state index is 11.9. The molecule has 1 rings (SSSR count). The number of amides is 3. The van der Waals surface area contributed by atoms with Crippen LogP contribution in [0.1, 0.15) is 20.3 Å². The van der Waals surface area contributed by atoms with Gasteiger partial charge < -0.3 is 21.7 Å². The molecule has 0 saturated carbocycles. The zero-order chi connectivity index (χ0) is 14.5. The zero-order valence-electron chi connectivity index (χ0n) is 11.4. The SMILES string of the molecule is CCC(C)(N)C(=O)Nc1ccc(NC(=O)NC)cc1. The minimum absolute atomic E-state index is 0.234. The zero-order valence-corrected chi connectivity index (χ0v) is 11.4. The molecule has 0 radical (unpaired) electrons.